The van der Waals surface area contributed by atoms with Crippen LogP contribution in [-0.4, -0.2) is 52.2 Å². The molecule has 1 saturated heterocycles. The Labute approximate surface area is 196 Å². The molecule has 1 aliphatic rings. The molecule has 0 aliphatic carbocycles. The minimum atomic E-state index is -0.250. The van der Waals surface area contributed by atoms with Crippen LogP contribution >= 0.6 is 23.2 Å². The van der Waals surface area contributed by atoms with Gasteiger partial charge in [-0.1, -0.05) is 41.9 Å². The van der Waals surface area contributed by atoms with Gasteiger partial charge in [-0.2, -0.15) is 0 Å². The Morgan fingerprint density at radius 2 is 1.91 bits per heavy atom. The van der Waals surface area contributed by atoms with Gasteiger partial charge in [0.2, 0.25) is 5.91 Å². The van der Waals surface area contributed by atoms with Crippen LogP contribution in [0.15, 0.2) is 55.4 Å². The Kier molecular flexibility index (Phi) is 6.44. The molecule has 3 aromatic rings. The third-order valence-corrected chi connectivity index (χ3v) is 6.19. The van der Waals surface area contributed by atoms with Gasteiger partial charge in [-0.05, 0) is 42.8 Å². The zero-order valence-corrected chi connectivity index (χ0v) is 19.1. The number of carbonyl (C=O) groups is 2. The molecule has 1 aromatic heterocycles. The van der Waals surface area contributed by atoms with Gasteiger partial charge in [0.05, 0.1) is 16.6 Å². The highest BCUT2D eigenvalue weighted by molar-refractivity contribution is 6.34. The molecule has 2 heterocycles. The zero-order chi connectivity index (χ0) is 22.8. The van der Waals surface area contributed by atoms with Gasteiger partial charge >= 0.3 is 0 Å². The number of carbonyl (C=O) groups excluding carboxylic acids is 2. The third kappa shape index (κ3) is 4.47. The SMILES string of the molecule is C=CC(=O)N1CCN(c2ncnc3cc(Cl)c(-c4ccc(Cl)cc4)cc23)CC1CC(C)=O. The van der Waals surface area contributed by atoms with Crippen LogP contribution in [0, 0.1) is 0 Å². The standard InChI is InChI=1S/C24H22Cl2N4O2/c1-3-23(32)30-9-8-29(13-18(30)10-15(2)31)24-20-11-19(16-4-6-17(25)7-5-16)21(26)12-22(20)27-14-28-24/h3-7,11-12,14,18H,1,8-10,13H2,2H3. The first-order chi connectivity index (χ1) is 15.4. The third-order valence-electron chi connectivity index (χ3n) is 5.62. The Morgan fingerprint density at radius 3 is 2.59 bits per heavy atom. The normalized spacial score (nSPS) is 16.3. The van der Waals surface area contributed by atoms with Crippen LogP contribution in [0.4, 0.5) is 5.82 Å². The first-order valence-electron chi connectivity index (χ1n) is 10.2. The van der Waals surface area contributed by atoms with E-state index in [1.807, 2.05) is 36.4 Å². The van der Waals surface area contributed by atoms with E-state index in [2.05, 4.69) is 21.4 Å². The number of piperazine rings is 1. The van der Waals surface area contributed by atoms with Crippen molar-refractivity contribution in [1.82, 2.24) is 14.9 Å². The number of fused-ring (bicyclic) bond motifs is 1. The van der Waals surface area contributed by atoms with Crippen molar-refractivity contribution in [3.05, 3.63) is 65.4 Å². The van der Waals surface area contributed by atoms with Crippen LogP contribution in [0.2, 0.25) is 10.0 Å². The second-order valence-electron chi connectivity index (χ2n) is 7.80. The average Bonchev–Trinajstić information content (AvgIpc) is 2.78. The average molecular weight is 469 g/mol. The first kappa shape index (κ1) is 22.2. The molecule has 6 nitrogen and oxygen atoms in total. The molecule has 0 saturated carbocycles. The molecule has 0 spiro atoms. The molecule has 0 bridgehead atoms. The summed E-state index contributed by atoms with van der Waals surface area (Å²) in [5.41, 5.74) is 2.52. The van der Waals surface area contributed by atoms with Gasteiger partial charge in [0, 0.05) is 42.0 Å². The Bertz CT molecular complexity index is 1200. The fourth-order valence-corrected chi connectivity index (χ4v) is 4.52. The van der Waals surface area contributed by atoms with E-state index in [1.165, 1.54) is 19.3 Å². The monoisotopic (exact) mass is 468 g/mol. The Morgan fingerprint density at radius 1 is 1.16 bits per heavy atom. The summed E-state index contributed by atoms with van der Waals surface area (Å²) >= 11 is 12.6. The summed E-state index contributed by atoms with van der Waals surface area (Å²) in [7, 11) is 0. The summed E-state index contributed by atoms with van der Waals surface area (Å²) in [5.74, 6) is 0.615. The Hall–Kier alpha value is -2.96. The van der Waals surface area contributed by atoms with Gasteiger partial charge in [-0.15, -0.1) is 0 Å². The van der Waals surface area contributed by atoms with Crippen LogP contribution < -0.4 is 4.90 Å². The van der Waals surface area contributed by atoms with Gasteiger partial charge in [-0.25, -0.2) is 9.97 Å². The number of benzene rings is 2. The number of anilines is 1. The van der Waals surface area contributed by atoms with Crippen molar-refractivity contribution in [2.45, 2.75) is 19.4 Å². The second kappa shape index (κ2) is 9.27. The molecule has 1 fully saturated rings. The predicted molar refractivity (Wildman–Crippen MR) is 128 cm³/mol. The molecule has 8 heteroatoms. The molecule has 1 unspecified atom stereocenters. The number of amides is 1. The highest BCUT2D eigenvalue weighted by Crippen LogP contribution is 2.35. The molecule has 0 N–H and O–H groups in total. The molecule has 4 rings (SSSR count). The maximum atomic E-state index is 12.3. The van der Waals surface area contributed by atoms with Crippen molar-refractivity contribution in [1.29, 1.82) is 0 Å². The molecule has 32 heavy (non-hydrogen) atoms. The molecule has 1 aliphatic heterocycles. The van der Waals surface area contributed by atoms with E-state index in [1.54, 1.807) is 4.90 Å². The predicted octanol–water partition coefficient (Wildman–Crippen LogP) is 4.79. The van der Waals surface area contributed by atoms with Gasteiger partial charge in [0.15, 0.2) is 0 Å². The molecule has 2 aromatic carbocycles. The fraction of sp³-hybridized carbons (Fsp3) is 0.250. The molecule has 164 valence electrons. The van der Waals surface area contributed by atoms with Crippen molar-refractivity contribution < 1.29 is 9.59 Å². The van der Waals surface area contributed by atoms with Gasteiger partial charge in [0.1, 0.15) is 17.9 Å². The maximum Gasteiger partial charge on any atom is 0.246 e. The second-order valence-corrected chi connectivity index (χ2v) is 8.64. The van der Waals surface area contributed by atoms with Crippen LogP contribution in [-0.2, 0) is 9.59 Å². The van der Waals surface area contributed by atoms with E-state index in [0.717, 1.165) is 27.8 Å². The van der Waals surface area contributed by atoms with Crippen molar-refractivity contribution in [2.75, 3.05) is 24.5 Å². The lowest BCUT2D eigenvalue weighted by Gasteiger charge is -2.41. The van der Waals surface area contributed by atoms with Crippen LogP contribution in [0.1, 0.15) is 13.3 Å². The van der Waals surface area contributed by atoms with Crippen molar-refractivity contribution in [3.8, 4) is 11.1 Å². The molecule has 0 radical (unpaired) electrons. The van der Waals surface area contributed by atoms with E-state index in [4.69, 9.17) is 23.2 Å². The van der Waals surface area contributed by atoms with Crippen molar-refractivity contribution >= 4 is 51.6 Å². The summed E-state index contributed by atoms with van der Waals surface area (Å²) in [6.45, 7) is 6.68. The lowest BCUT2D eigenvalue weighted by molar-refractivity contribution is -0.129. The lowest BCUT2D eigenvalue weighted by Crippen LogP contribution is -2.55. The number of nitrogens with zero attached hydrogens (tertiary/aromatic N) is 4. The summed E-state index contributed by atoms with van der Waals surface area (Å²) in [4.78, 5) is 36.9. The van der Waals surface area contributed by atoms with E-state index in [9.17, 15) is 9.59 Å². The quantitative estimate of drug-likeness (QED) is 0.503. The highest BCUT2D eigenvalue weighted by atomic mass is 35.5. The molecular formula is C24H22Cl2N4O2. The topological polar surface area (TPSA) is 66.4 Å². The highest BCUT2D eigenvalue weighted by Gasteiger charge is 2.31. The first-order valence-corrected chi connectivity index (χ1v) is 11.0. The molecule has 1 atom stereocenters. The minimum Gasteiger partial charge on any atom is -0.352 e. The van der Waals surface area contributed by atoms with E-state index in [-0.39, 0.29) is 24.2 Å². The number of hydrogen-bond acceptors (Lipinski definition) is 5. The van der Waals surface area contributed by atoms with Crippen molar-refractivity contribution in [3.63, 3.8) is 0 Å². The number of hydrogen-bond donors (Lipinski definition) is 0. The van der Waals surface area contributed by atoms with Crippen molar-refractivity contribution in [2.24, 2.45) is 0 Å². The fourth-order valence-electron chi connectivity index (χ4n) is 4.13. The maximum absolute atomic E-state index is 12.3. The van der Waals surface area contributed by atoms with E-state index < -0.39 is 0 Å². The summed E-state index contributed by atoms with van der Waals surface area (Å²) < 4.78 is 0. The summed E-state index contributed by atoms with van der Waals surface area (Å²) in [6.07, 6.45) is 3.08. The lowest BCUT2D eigenvalue weighted by atomic mass is 10.0. The summed E-state index contributed by atoms with van der Waals surface area (Å²) in [6, 6.07) is 11.0. The largest absolute Gasteiger partial charge is 0.352 e. The van der Waals surface area contributed by atoms with Crippen LogP contribution in [0.5, 0.6) is 0 Å². The number of ketones is 1. The van der Waals surface area contributed by atoms with E-state index >= 15 is 0 Å². The zero-order valence-electron chi connectivity index (χ0n) is 17.6. The van der Waals surface area contributed by atoms with Gasteiger partial charge in [0.25, 0.3) is 0 Å². The van der Waals surface area contributed by atoms with E-state index in [0.29, 0.717) is 29.7 Å². The van der Waals surface area contributed by atoms with Gasteiger partial charge in [-0.3, -0.25) is 9.59 Å². The Balaban J connectivity index is 1.74. The minimum absolute atomic E-state index is 0.0306. The summed E-state index contributed by atoms with van der Waals surface area (Å²) in [5, 5.41) is 2.09. The van der Waals surface area contributed by atoms with Gasteiger partial charge < -0.3 is 9.80 Å². The number of aromatic nitrogens is 2. The number of Topliss-reactive ketones (excluding diaryl/α,β-unsaturated/α-hetero) is 1. The number of rotatable bonds is 5. The molecule has 1 amide bonds. The van der Waals surface area contributed by atoms with Crippen LogP contribution in [0.3, 0.4) is 0 Å². The van der Waals surface area contributed by atoms with Crippen LogP contribution in [0.25, 0.3) is 22.0 Å². The number of halogens is 2. The smallest absolute Gasteiger partial charge is 0.246 e. The molecular weight excluding hydrogens is 447 g/mol.